The van der Waals surface area contributed by atoms with Crippen molar-refractivity contribution in [1.82, 2.24) is 4.98 Å². The van der Waals surface area contributed by atoms with Crippen molar-refractivity contribution in [1.29, 1.82) is 0 Å². The number of nitro groups is 1. The van der Waals surface area contributed by atoms with E-state index in [0.717, 1.165) is 30.5 Å². The number of ether oxygens (including phenoxy) is 1. The Morgan fingerprint density at radius 2 is 2.14 bits per heavy atom. The van der Waals surface area contributed by atoms with Gasteiger partial charge in [-0.15, -0.1) is 0 Å². The number of halogens is 2. The highest BCUT2D eigenvalue weighted by Crippen LogP contribution is 2.33. The predicted molar refractivity (Wildman–Crippen MR) is 69.3 cm³/mol. The summed E-state index contributed by atoms with van der Waals surface area (Å²) in [5.74, 6) is -3.02. The number of carboxylic acid groups (broad SMARTS) is 1. The van der Waals surface area contributed by atoms with Crippen LogP contribution >= 0.6 is 11.6 Å². The van der Waals surface area contributed by atoms with Gasteiger partial charge in [-0.25, -0.2) is 14.2 Å². The second-order valence-corrected chi connectivity index (χ2v) is 4.22. The molecule has 0 spiro atoms. The minimum Gasteiger partial charge on any atom is -0.478 e. The van der Waals surface area contributed by atoms with Gasteiger partial charge in [0.15, 0.2) is 0 Å². The maximum atomic E-state index is 13.2. The average Bonchev–Trinajstić information content (AvgIpc) is 2.40. The summed E-state index contributed by atoms with van der Waals surface area (Å²) in [6.07, 6.45) is 1.09. The zero-order chi connectivity index (χ0) is 15.6. The number of rotatable bonds is 4. The van der Waals surface area contributed by atoms with E-state index in [0.29, 0.717) is 0 Å². The van der Waals surface area contributed by atoms with Crippen molar-refractivity contribution in [2.75, 3.05) is 0 Å². The molecule has 9 heteroatoms. The van der Waals surface area contributed by atoms with Gasteiger partial charge in [-0.05, 0) is 12.1 Å². The molecular weight excluding hydrogens is 307 g/mol. The van der Waals surface area contributed by atoms with Gasteiger partial charge in [-0.1, -0.05) is 11.6 Å². The SMILES string of the molecule is O=C(O)c1ccc(F)cc1Oc1ncc(Cl)cc1[N+](=O)[O-]. The van der Waals surface area contributed by atoms with Gasteiger partial charge in [0.2, 0.25) is 0 Å². The molecule has 0 fully saturated rings. The lowest BCUT2D eigenvalue weighted by Crippen LogP contribution is -2.02. The lowest BCUT2D eigenvalue weighted by atomic mass is 10.2. The minimum atomic E-state index is -1.37. The number of carbonyl (C=O) groups is 1. The molecule has 0 aliphatic carbocycles. The van der Waals surface area contributed by atoms with Crippen molar-refractivity contribution < 1.29 is 24.0 Å². The first kappa shape index (κ1) is 14.7. The van der Waals surface area contributed by atoms with E-state index in [9.17, 15) is 19.3 Å². The molecule has 0 saturated carbocycles. The van der Waals surface area contributed by atoms with Gasteiger partial charge >= 0.3 is 11.7 Å². The lowest BCUT2D eigenvalue weighted by Gasteiger charge is -2.08. The van der Waals surface area contributed by atoms with E-state index in [1.807, 2.05) is 0 Å². The maximum Gasteiger partial charge on any atom is 0.339 e. The summed E-state index contributed by atoms with van der Waals surface area (Å²) in [5.41, 5.74) is -0.925. The molecule has 1 aromatic heterocycles. The third kappa shape index (κ3) is 3.23. The van der Waals surface area contributed by atoms with E-state index >= 15 is 0 Å². The number of carboxylic acids is 1. The predicted octanol–water partition coefficient (Wildman–Crippen LogP) is 3.27. The Kier molecular flexibility index (Phi) is 3.99. The van der Waals surface area contributed by atoms with Crippen LogP contribution in [0.25, 0.3) is 0 Å². The molecule has 108 valence electrons. The summed E-state index contributed by atoms with van der Waals surface area (Å²) in [6, 6.07) is 3.70. The summed E-state index contributed by atoms with van der Waals surface area (Å²) in [4.78, 5) is 24.7. The van der Waals surface area contributed by atoms with Gasteiger partial charge < -0.3 is 9.84 Å². The molecule has 7 nitrogen and oxygen atoms in total. The molecule has 2 rings (SSSR count). The van der Waals surface area contributed by atoms with Gasteiger partial charge in [0, 0.05) is 12.1 Å². The number of aromatic nitrogens is 1. The van der Waals surface area contributed by atoms with Crippen molar-refractivity contribution in [3.63, 3.8) is 0 Å². The van der Waals surface area contributed by atoms with E-state index < -0.39 is 34.0 Å². The van der Waals surface area contributed by atoms with Gasteiger partial charge in [0.25, 0.3) is 5.88 Å². The van der Waals surface area contributed by atoms with Crippen LogP contribution in [0.3, 0.4) is 0 Å². The molecule has 0 aliphatic heterocycles. The van der Waals surface area contributed by atoms with Crippen LogP contribution < -0.4 is 4.74 Å². The summed E-state index contributed by atoms with van der Waals surface area (Å²) in [6.45, 7) is 0. The fraction of sp³-hybridized carbons (Fsp3) is 0. The van der Waals surface area contributed by atoms with Crippen LogP contribution in [0.4, 0.5) is 10.1 Å². The van der Waals surface area contributed by atoms with Crippen molar-refractivity contribution in [3.05, 3.63) is 57.0 Å². The van der Waals surface area contributed by atoms with E-state index in [2.05, 4.69) is 4.98 Å². The highest BCUT2D eigenvalue weighted by molar-refractivity contribution is 6.30. The monoisotopic (exact) mass is 312 g/mol. The number of benzene rings is 1. The molecule has 1 heterocycles. The number of nitrogens with zero attached hydrogens (tertiary/aromatic N) is 2. The van der Waals surface area contributed by atoms with Crippen LogP contribution in [0, 0.1) is 15.9 Å². The summed E-state index contributed by atoms with van der Waals surface area (Å²) >= 11 is 5.59. The van der Waals surface area contributed by atoms with Gasteiger partial charge in [0.1, 0.15) is 17.1 Å². The molecule has 0 aliphatic rings. The molecule has 21 heavy (non-hydrogen) atoms. The highest BCUT2D eigenvalue weighted by atomic mass is 35.5. The second kappa shape index (κ2) is 5.71. The Morgan fingerprint density at radius 3 is 2.76 bits per heavy atom. The normalized spacial score (nSPS) is 10.2. The maximum absolute atomic E-state index is 13.2. The Hall–Kier alpha value is -2.74. The van der Waals surface area contributed by atoms with Crippen molar-refractivity contribution in [3.8, 4) is 11.6 Å². The van der Waals surface area contributed by atoms with Crippen molar-refractivity contribution in [2.24, 2.45) is 0 Å². The standard InChI is InChI=1S/C12H6ClFN2O5/c13-6-3-9(16(19)20)11(15-5-6)21-10-4-7(14)1-2-8(10)12(17)18/h1-5H,(H,17,18). The zero-order valence-corrected chi connectivity index (χ0v) is 10.9. The Bertz CT molecular complexity index is 738. The summed E-state index contributed by atoms with van der Waals surface area (Å²) in [7, 11) is 0. The number of pyridine rings is 1. The molecule has 0 amide bonds. The molecule has 1 aromatic carbocycles. The fourth-order valence-corrected chi connectivity index (χ4v) is 1.64. The van der Waals surface area contributed by atoms with Crippen LogP contribution in [-0.2, 0) is 0 Å². The molecule has 0 atom stereocenters. The highest BCUT2D eigenvalue weighted by Gasteiger charge is 2.21. The van der Waals surface area contributed by atoms with E-state index in [1.54, 1.807) is 0 Å². The lowest BCUT2D eigenvalue weighted by molar-refractivity contribution is -0.386. The first-order chi connectivity index (χ1) is 9.88. The molecule has 0 bridgehead atoms. The van der Waals surface area contributed by atoms with Crippen LogP contribution in [0.5, 0.6) is 11.6 Å². The van der Waals surface area contributed by atoms with Gasteiger partial charge in [-0.2, -0.15) is 0 Å². The smallest absolute Gasteiger partial charge is 0.339 e. The number of hydrogen-bond acceptors (Lipinski definition) is 5. The summed E-state index contributed by atoms with van der Waals surface area (Å²) < 4.78 is 18.3. The van der Waals surface area contributed by atoms with Gasteiger partial charge in [0.05, 0.1) is 16.1 Å². The minimum absolute atomic E-state index is 0.00625. The molecular formula is C12H6ClFN2O5. The topological polar surface area (TPSA) is 103 Å². The Labute approximate surface area is 121 Å². The molecule has 0 unspecified atom stereocenters. The first-order valence-corrected chi connectivity index (χ1v) is 5.77. The van der Waals surface area contributed by atoms with Crippen molar-refractivity contribution in [2.45, 2.75) is 0 Å². The molecule has 2 aromatic rings. The summed E-state index contributed by atoms with van der Waals surface area (Å²) in [5, 5.41) is 19.9. The third-order valence-corrected chi connectivity index (χ3v) is 2.58. The van der Waals surface area contributed by atoms with Crippen LogP contribution in [0.2, 0.25) is 5.02 Å². The molecule has 0 saturated heterocycles. The Morgan fingerprint density at radius 1 is 1.43 bits per heavy atom. The van der Waals surface area contributed by atoms with E-state index in [1.165, 1.54) is 0 Å². The van der Waals surface area contributed by atoms with Crippen molar-refractivity contribution >= 4 is 23.3 Å². The fourth-order valence-electron chi connectivity index (χ4n) is 1.49. The molecule has 0 radical (unpaired) electrons. The zero-order valence-electron chi connectivity index (χ0n) is 10.1. The van der Waals surface area contributed by atoms with Crippen LogP contribution in [0.1, 0.15) is 10.4 Å². The van der Waals surface area contributed by atoms with Gasteiger partial charge in [-0.3, -0.25) is 10.1 Å². The van der Waals surface area contributed by atoms with E-state index in [4.69, 9.17) is 21.4 Å². The number of aromatic carboxylic acids is 1. The van der Waals surface area contributed by atoms with E-state index in [-0.39, 0.29) is 10.6 Å². The second-order valence-electron chi connectivity index (χ2n) is 3.78. The molecule has 1 N–H and O–H groups in total. The first-order valence-electron chi connectivity index (χ1n) is 5.39. The number of hydrogen-bond donors (Lipinski definition) is 1. The largest absolute Gasteiger partial charge is 0.478 e. The van der Waals surface area contributed by atoms with Crippen LogP contribution in [-0.4, -0.2) is 21.0 Å². The quantitative estimate of drug-likeness (QED) is 0.686. The van der Waals surface area contributed by atoms with Crippen LogP contribution in [0.15, 0.2) is 30.5 Å². The Balaban J connectivity index is 2.50. The average molecular weight is 313 g/mol. The third-order valence-electron chi connectivity index (χ3n) is 2.38.